The summed E-state index contributed by atoms with van der Waals surface area (Å²) in [6.07, 6.45) is 5.77. The molecule has 1 aliphatic heterocycles. The van der Waals surface area contributed by atoms with Crippen LogP contribution in [0.15, 0.2) is 11.6 Å². The van der Waals surface area contributed by atoms with Crippen LogP contribution in [-0.2, 0) is 4.79 Å². The van der Waals surface area contributed by atoms with Gasteiger partial charge in [0.05, 0.1) is 0 Å². The van der Waals surface area contributed by atoms with Crippen LogP contribution in [0.3, 0.4) is 0 Å². The minimum atomic E-state index is -0.358. The van der Waals surface area contributed by atoms with Crippen molar-refractivity contribution in [2.75, 3.05) is 13.1 Å². The number of hydrogen-bond donors (Lipinski definition) is 1. The van der Waals surface area contributed by atoms with Gasteiger partial charge < -0.3 is 9.83 Å². The number of allylic oxidation sites excluding steroid dienone is 2. The van der Waals surface area contributed by atoms with Gasteiger partial charge in [-0.15, -0.1) is 0 Å². The summed E-state index contributed by atoms with van der Waals surface area (Å²) < 4.78 is 0. The summed E-state index contributed by atoms with van der Waals surface area (Å²) in [7, 11) is -0.358. The maximum Gasteiger partial charge on any atom is 0.376 e. The van der Waals surface area contributed by atoms with E-state index in [1.165, 1.54) is 0 Å². The summed E-state index contributed by atoms with van der Waals surface area (Å²) in [6.45, 7) is 5.60. The van der Waals surface area contributed by atoms with Crippen LogP contribution in [0.1, 0.15) is 32.6 Å². The van der Waals surface area contributed by atoms with E-state index in [-0.39, 0.29) is 12.5 Å². The Morgan fingerprint density at radius 1 is 1.38 bits per heavy atom. The second-order valence-electron chi connectivity index (χ2n) is 5.07. The Morgan fingerprint density at radius 3 is 2.50 bits per heavy atom. The van der Waals surface area contributed by atoms with Gasteiger partial charge in [0, 0.05) is 11.8 Å². The fourth-order valence-electron chi connectivity index (χ4n) is 3.23. The summed E-state index contributed by atoms with van der Waals surface area (Å²) in [6, 6.07) is 0. The van der Waals surface area contributed by atoms with E-state index in [1.54, 1.807) is 0 Å². The molecule has 1 saturated heterocycles. The van der Waals surface area contributed by atoms with Crippen molar-refractivity contribution < 1.29 is 9.82 Å². The fourth-order valence-corrected chi connectivity index (χ4v) is 3.23. The predicted molar refractivity (Wildman–Crippen MR) is 65.1 cm³/mol. The zero-order valence-electron chi connectivity index (χ0n) is 10.2. The van der Waals surface area contributed by atoms with E-state index in [4.69, 9.17) is 0 Å². The lowest BCUT2D eigenvalue weighted by Crippen LogP contribution is -2.46. The normalized spacial score (nSPS) is 27.9. The van der Waals surface area contributed by atoms with Crippen LogP contribution in [-0.4, -0.2) is 35.8 Å². The number of hydrogen-bond acceptors (Lipinski definition) is 3. The highest BCUT2D eigenvalue weighted by Crippen LogP contribution is 2.48. The molecule has 1 saturated carbocycles. The van der Waals surface area contributed by atoms with Crippen molar-refractivity contribution in [2.45, 2.75) is 39.4 Å². The summed E-state index contributed by atoms with van der Waals surface area (Å²) in [5.74, 6) is 0.341. The third kappa shape index (κ3) is 1.85. The average molecular weight is 221 g/mol. The third-order valence-corrected chi connectivity index (χ3v) is 4.27. The first-order valence-electron chi connectivity index (χ1n) is 6.21. The lowest BCUT2D eigenvalue weighted by Gasteiger charge is -2.40. The van der Waals surface area contributed by atoms with Gasteiger partial charge in [-0.3, -0.25) is 4.79 Å². The smallest absolute Gasteiger partial charge is 0.376 e. The van der Waals surface area contributed by atoms with Gasteiger partial charge in [-0.1, -0.05) is 6.08 Å². The Bertz CT molecular complexity index is 317. The van der Waals surface area contributed by atoms with Gasteiger partial charge in [-0.25, -0.2) is 0 Å². The number of carbonyl (C=O) groups excluding carboxylic acids is 1. The van der Waals surface area contributed by atoms with E-state index in [2.05, 4.69) is 4.81 Å². The summed E-state index contributed by atoms with van der Waals surface area (Å²) in [5.41, 5.74) is 1.19. The van der Waals surface area contributed by atoms with Gasteiger partial charge in [0.1, 0.15) is 0 Å². The van der Waals surface area contributed by atoms with E-state index < -0.39 is 0 Å². The fraction of sp³-hybridized carbons (Fsp3) is 0.750. The monoisotopic (exact) mass is 221 g/mol. The van der Waals surface area contributed by atoms with Crippen molar-refractivity contribution in [1.82, 2.24) is 4.81 Å². The Hall–Kier alpha value is -0.605. The van der Waals surface area contributed by atoms with E-state index in [0.717, 1.165) is 37.9 Å². The zero-order valence-corrected chi connectivity index (χ0v) is 10.2. The highest BCUT2D eigenvalue weighted by molar-refractivity contribution is 6.45. The van der Waals surface area contributed by atoms with Gasteiger partial charge in [0.25, 0.3) is 0 Å². The van der Waals surface area contributed by atoms with Crippen LogP contribution in [0.4, 0.5) is 0 Å². The Morgan fingerprint density at radius 2 is 2.00 bits per heavy atom. The number of nitrogens with zero attached hydrogens (tertiary/aromatic N) is 1. The molecular weight excluding hydrogens is 201 g/mol. The standard InChI is InChI=1S/C12H20BNO2/c1-3-10-11(15)4-5-12(10)6-8-14(9-7-12)13(2)16/h3,16H,4-9H2,1-2H3. The van der Waals surface area contributed by atoms with E-state index in [9.17, 15) is 9.82 Å². The van der Waals surface area contributed by atoms with Crippen LogP contribution in [0, 0.1) is 5.41 Å². The summed E-state index contributed by atoms with van der Waals surface area (Å²) in [4.78, 5) is 13.8. The molecule has 16 heavy (non-hydrogen) atoms. The van der Waals surface area contributed by atoms with Gasteiger partial charge in [0.2, 0.25) is 0 Å². The van der Waals surface area contributed by atoms with Crippen LogP contribution >= 0.6 is 0 Å². The maximum absolute atomic E-state index is 11.8. The molecule has 4 heteroatoms. The molecule has 1 N–H and O–H groups in total. The first-order valence-corrected chi connectivity index (χ1v) is 6.21. The second-order valence-corrected chi connectivity index (χ2v) is 5.07. The topological polar surface area (TPSA) is 40.5 Å². The Kier molecular flexibility index (Phi) is 3.22. The molecular formula is C12H20BNO2. The number of piperidine rings is 1. The number of carbonyl (C=O) groups is 1. The lowest BCUT2D eigenvalue weighted by molar-refractivity contribution is -0.114. The molecule has 0 bridgehead atoms. The molecule has 0 unspecified atom stereocenters. The molecule has 1 heterocycles. The van der Waals surface area contributed by atoms with Crippen LogP contribution < -0.4 is 0 Å². The first-order chi connectivity index (χ1) is 7.59. The average Bonchev–Trinajstić information content (AvgIpc) is 2.56. The van der Waals surface area contributed by atoms with Gasteiger partial charge in [-0.05, 0) is 51.7 Å². The molecule has 2 fully saturated rings. The molecule has 0 radical (unpaired) electrons. The molecule has 0 amide bonds. The minimum Gasteiger partial charge on any atom is -0.437 e. The van der Waals surface area contributed by atoms with Crippen molar-refractivity contribution in [3.8, 4) is 0 Å². The number of rotatable bonds is 1. The molecule has 0 aromatic heterocycles. The first kappa shape index (κ1) is 11.9. The van der Waals surface area contributed by atoms with Crippen molar-refractivity contribution in [3.63, 3.8) is 0 Å². The van der Waals surface area contributed by atoms with E-state index >= 15 is 0 Å². The highest BCUT2D eigenvalue weighted by Gasteiger charge is 2.45. The van der Waals surface area contributed by atoms with Gasteiger partial charge in [0.15, 0.2) is 5.78 Å². The third-order valence-electron chi connectivity index (χ3n) is 4.27. The van der Waals surface area contributed by atoms with Crippen LogP contribution in [0.2, 0.25) is 6.82 Å². The lowest BCUT2D eigenvalue weighted by atomic mass is 9.70. The molecule has 0 aromatic carbocycles. The number of Topliss-reactive ketones (excluding diaryl/α,β-unsaturated/α-hetero) is 1. The van der Waals surface area contributed by atoms with Gasteiger partial charge >= 0.3 is 7.05 Å². The van der Waals surface area contributed by atoms with Crippen molar-refractivity contribution in [1.29, 1.82) is 0 Å². The quantitative estimate of drug-likeness (QED) is 0.538. The second kappa shape index (κ2) is 4.34. The molecule has 88 valence electrons. The Balaban J connectivity index is 2.10. The zero-order chi connectivity index (χ0) is 11.8. The van der Waals surface area contributed by atoms with Crippen LogP contribution in [0.5, 0.6) is 0 Å². The van der Waals surface area contributed by atoms with E-state index in [0.29, 0.717) is 12.2 Å². The van der Waals surface area contributed by atoms with Crippen molar-refractivity contribution in [3.05, 3.63) is 11.6 Å². The van der Waals surface area contributed by atoms with Crippen LogP contribution in [0.25, 0.3) is 0 Å². The van der Waals surface area contributed by atoms with Gasteiger partial charge in [-0.2, -0.15) is 0 Å². The molecule has 2 rings (SSSR count). The SMILES string of the molecule is CC=C1C(=O)CCC12CCN(B(C)O)CC2. The molecule has 0 atom stereocenters. The molecule has 1 spiro atoms. The molecule has 3 nitrogen and oxygen atoms in total. The highest BCUT2D eigenvalue weighted by atomic mass is 16.2. The van der Waals surface area contributed by atoms with Crippen molar-refractivity contribution in [2.24, 2.45) is 5.41 Å². The predicted octanol–water partition coefficient (Wildman–Crippen LogP) is 1.49. The number of ketones is 1. The Labute approximate surface area is 97.6 Å². The maximum atomic E-state index is 11.8. The van der Waals surface area contributed by atoms with Crippen molar-refractivity contribution >= 4 is 12.8 Å². The summed E-state index contributed by atoms with van der Waals surface area (Å²) in [5, 5.41) is 9.53. The molecule has 0 aromatic rings. The minimum absolute atomic E-state index is 0.136. The molecule has 2 aliphatic rings. The largest absolute Gasteiger partial charge is 0.437 e. The molecule has 1 aliphatic carbocycles. The summed E-state index contributed by atoms with van der Waals surface area (Å²) >= 11 is 0. The van der Waals surface area contributed by atoms with E-state index in [1.807, 2.05) is 19.8 Å².